The first-order valence-corrected chi connectivity index (χ1v) is 9.16. The summed E-state index contributed by atoms with van der Waals surface area (Å²) < 4.78 is 1.61. The number of aromatic nitrogens is 3. The van der Waals surface area contributed by atoms with Crippen molar-refractivity contribution in [1.29, 1.82) is 0 Å². The van der Waals surface area contributed by atoms with Crippen LogP contribution in [0.1, 0.15) is 55.5 Å². The van der Waals surface area contributed by atoms with Crippen molar-refractivity contribution in [2.75, 3.05) is 13.1 Å². The van der Waals surface area contributed by atoms with Gasteiger partial charge in [0.1, 0.15) is 11.1 Å². The lowest BCUT2D eigenvalue weighted by Crippen LogP contribution is -2.55. The van der Waals surface area contributed by atoms with E-state index in [0.717, 1.165) is 38.0 Å². The minimum Gasteiger partial charge on any atom is -0.368 e. The van der Waals surface area contributed by atoms with E-state index in [2.05, 4.69) is 34.1 Å². The Morgan fingerprint density at radius 1 is 1.27 bits per heavy atom. The largest absolute Gasteiger partial charge is 0.368 e. The van der Waals surface area contributed by atoms with E-state index in [0.29, 0.717) is 24.1 Å². The van der Waals surface area contributed by atoms with Gasteiger partial charge in [0, 0.05) is 24.5 Å². The fourth-order valence-electron chi connectivity index (χ4n) is 3.56. The molecule has 3 N–H and O–H groups in total. The van der Waals surface area contributed by atoms with Crippen molar-refractivity contribution in [3.63, 3.8) is 0 Å². The van der Waals surface area contributed by atoms with Crippen LogP contribution >= 0.6 is 0 Å². The van der Waals surface area contributed by atoms with E-state index < -0.39 is 11.4 Å². The predicted molar refractivity (Wildman–Crippen MR) is 97.5 cm³/mol. The Morgan fingerprint density at radius 3 is 2.58 bits per heavy atom. The molecule has 8 heteroatoms. The zero-order chi connectivity index (χ0) is 18.7. The molecule has 2 amide bonds. The zero-order valence-corrected chi connectivity index (χ0v) is 15.4. The summed E-state index contributed by atoms with van der Waals surface area (Å²) in [4.78, 5) is 31.3. The molecule has 0 bridgehead atoms. The van der Waals surface area contributed by atoms with Gasteiger partial charge < -0.3 is 11.1 Å². The topological polar surface area (TPSA) is 106 Å². The van der Waals surface area contributed by atoms with Crippen molar-refractivity contribution < 1.29 is 9.59 Å². The second-order valence-electron chi connectivity index (χ2n) is 6.86. The molecule has 0 radical (unpaired) electrons. The summed E-state index contributed by atoms with van der Waals surface area (Å²) in [5.41, 5.74) is 6.45. The van der Waals surface area contributed by atoms with Crippen molar-refractivity contribution >= 4 is 17.5 Å². The normalized spacial score (nSPS) is 16.3. The van der Waals surface area contributed by atoms with Crippen molar-refractivity contribution in [1.82, 2.24) is 24.8 Å². The first-order valence-electron chi connectivity index (χ1n) is 9.16. The molecule has 0 aromatic carbocycles. The summed E-state index contributed by atoms with van der Waals surface area (Å²) in [5, 5.41) is 7.10. The maximum Gasteiger partial charge on any atom is 0.257 e. The molecule has 0 aliphatic heterocycles. The number of nitrogens with one attached hydrogen (secondary N) is 1. The Labute approximate surface area is 152 Å². The number of primary amides is 1. The number of carbonyl (C=O) groups excluding carboxylic acids is 2. The van der Waals surface area contributed by atoms with Crippen LogP contribution in [0.5, 0.6) is 0 Å². The van der Waals surface area contributed by atoms with Gasteiger partial charge >= 0.3 is 0 Å². The molecule has 2 aromatic heterocycles. The Bertz CT molecular complexity index is 805. The lowest BCUT2D eigenvalue weighted by atomic mass is 9.96. The minimum absolute atomic E-state index is 0.354. The van der Waals surface area contributed by atoms with Gasteiger partial charge in [-0.05, 0) is 25.9 Å². The van der Waals surface area contributed by atoms with Crippen molar-refractivity contribution in [2.24, 2.45) is 5.73 Å². The average Bonchev–Trinajstić information content (AvgIpc) is 3.26. The number of nitrogens with two attached hydrogens (primary N) is 1. The van der Waals surface area contributed by atoms with Gasteiger partial charge in [-0.2, -0.15) is 5.10 Å². The van der Waals surface area contributed by atoms with Gasteiger partial charge in [0.2, 0.25) is 5.91 Å². The summed E-state index contributed by atoms with van der Waals surface area (Å²) >= 11 is 0. The van der Waals surface area contributed by atoms with Gasteiger partial charge in [-0.1, -0.05) is 26.7 Å². The molecular formula is C18H26N6O2. The number of rotatable bonds is 7. The van der Waals surface area contributed by atoms with E-state index >= 15 is 0 Å². The summed E-state index contributed by atoms with van der Waals surface area (Å²) in [5.74, 6) is -0.834. The molecule has 1 saturated carbocycles. The lowest BCUT2D eigenvalue weighted by molar-refractivity contribution is -0.123. The maximum absolute atomic E-state index is 12.7. The van der Waals surface area contributed by atoms with Crippen LogP contribution in [0.3, 0.4) is 0 Å². The first kappa shape index (κ1) is 18.3. The number of amides is 2. The predicted octanol–water partition coefficient (Wildman–Crippen LogP) is 1.10. The molecule has 26 heavy (non-hydrogen) atoms. The van der Waals surface area contributed by atoms with Gasteiger partial charge in [-0.15, -0.1) is 0 Å². The summed E-state index contributed by atoms with van der Waals surface area (Å²) in [6, 6.07) is 0. The minimum atomic E-state index is -0.950. The van der Waals surface area contributed by atoms with E-state index in [1.807, 2.05) is 6.20 Å². The van der Waals surface area contributed by atoms with Gasteiger partial charge in [-0.3, -0.25) is 14.5 Å². The van der Waals surface area contributed by atoms with Crippen molar-refractivity contribution in [3.8, 4) is 0 Å². The molecule has 2 aromatic rings. The Kier molecular flexibility index (Phi) is 5.22. The summed E-state index contributed by atoms with van der Waals surface area (Å²) in [7, 11) is 0. The summed E-state index contributed by atoms with van der Waals surface area (Å²) in [6.07, 6.45) is 8.06. The van der Waals surface area contributed by atoms with E-state index in [1.54, 1.807) is 10.7 Å². The molecule has 3 rings (SSSR count). The third-order valence-electron chi connectivity index (χ3n) is 5.24. The highest BCUT2D eigenvalue weighted by atomic mass is 16.2. The van der Waals surface area contributed by atoms with E-state index in [1.165, 1.54) is 6.20 Å². The monoisotopic (exact) mass is 358 g/mol. The molecule has 0 spiro atoms. The Hall–Kier alpha value is -2.48. The molecule has 0 unspecified atom stereocenters. The average molecular weight is 358 g/mol. The van der Waals surface area contributed by atoms with E-state index in [-0.39, 0.29) is 5.91 Å². The smallest absolute Gasteiger partial charge is 0.257 e. The third kappa shape index (κ3) is 3.41. The molecule has 8 nitrogen and oxygen atoms in total. The lowest BCUT2D eigenvalue weighted by Gasteiger charge is -2.26. The van der Waals surface area contributed by atoms with Crippen molar-refractivity contribution in [3.05, 3.63) is 29.7 Å². The van der Waals surface area contributed by atoms with Crippen molar-refractivity contribution in [2.45, 2.75) is 51.6 Å². The second-order valence-corrected chi connectivity index (χ2v) is 6.86. The molecule has 140 valence electrons. The molecular weight excluding hydrogens is 332 g/mol. The SMILES string of the molecule is CCN(CC)Cc1cnc2c(C(=O)NC3(C(N)=O)CCCC3)cnn2c1. The highest BCUT2D eigenvalue weighted by Crippen LogP contribution is 2.29. The Morgan fingerprint density at radius 2 is 1.96 bits per heavy atom. The van der Waals surface area contributed by atoms with Gasteiger partial charge in [0.15, 0.2) is 5.65 Å². The molecule has 2 heterocycles. The van der Waals surface area contributed by atoms with Crippen LogP contribution in [0, 0.1) is 0 Å². The third-order valence-corrected chi connectivity index (χ3v) is 5.24. The molecule has 1 aliphatic carbocycles. The highest BCUT2D eigenvalue weighted by Gasteiger charge is 2.41. The second kappa shape index (κ2) is 7.41. The highest BCUT2D eigenvalue weighted by molar-refractivity contribution is 6.02. The van der Waals surface area contributed by atoms with Crippen LogP contribution in [0.2, 0.25) is 0 Å². The van der Waals surface area contributed by atoms with Crippen LogP contribution in [0.15, 0.2) is 18.6 Å². The zero-order valence-electron chi connectivity index (χ0n) is 15.4. The van der Waals surface area contributed by atoms with Gasteiger partial charge in [0.05, 0.1) is 6.20 Å². The molecule has 0 atom stereocenters. The molecule has 0 saturated heterocycles. The quantitative estimate of drug-likeness (QED) is 0.771. The Balaban J connectivity index is 1.82. The number of hydrogen-bond acceptors (Lipinski definition) is 5. The number of hydrogen-bond donors (Lipinski definition) is 2. The number of fused-ring (bicyclic) bond motifs is 1. The van der Waals surface area contributed by atoms with E-state index in [9.17, 15) is 9.59 Å². The van der Waals surface area contributed by atoms with E-state index in [4.69, 9.17) is 5.73 Å². The fourth-order valence-corrected chi connectivity index (χ4v) is 3.56. The maximum atomic E-state index is 12.7. The van der Waals surface area contributed by atoms with Crippen LogP contribution < -0.4 is 11.1 Å². The molecule has 1 fully saturated rings. The van der Waals surface area contributed by atoms with Crippen LogP contribution in [-0.2, 0) is 11.3 Å². The fraction of sp³-hybridized carbons (Fsp3) is 0.556. The van der Waals surface area contributed by atoms with Crippen LogP contribution in [0.25, 0.3) is 5.65 Å². The van der Waals surface area contributed by atoms with Crippen LogP contribution in [0.4, 0.5) is 0 Å². The van der Waals surface area contributed by atoms with Gasteiger partial charge in [0.25, 0.3) is 5.91 Å². The van der Waals surface area contributed by atoms with Gasteiger partial charge in [-0.25, -0.2) is 9.50 Å². The first-order chi connectivity index (χ1) is 12.5. The number of carbonyl (C=O) groups is 2. The van der Waals surface area contributed by atoms with Crippen LogP contribution in [-0.4, -0.2) is 49.9 Å². The molecule has 1 aliphatic rings. The summed E-state index contributed by atoms with van der Waals surface area (Å²) in [6.45, 7) is 6.92. The standard InChI is InChI=1S/C18H26N6O2/c1-3-23(4-2)11-13-9-20-15-14(10-21-24(15)12-13)16(25)22-18(17(19)26)7-5-6-8-18/h9-10,12H,3-8,11H2,1-2H3,(H2,19,26)(H,22,25). The number of nitrogens with zero attached hydrogens (tertiary/aromatic N) is 4.